The van der Waals surface area contributed by atoms with E-state index >= 15 is 0 Å². The Balaban J connectivity index is 1.39. The molecule has 1 aliphatic carbocycles. The zero-order valence-electron chi connectivity index (χ0n) is 22.8. The van der Waals surface area contributed by atoms with E-state index in [1.807, 2.05) is 54.8 Å². The minimum Gasteiger partial charge on any atom is -0.443 e. The van der Waals surface area contributed by atoms with E-state index in [4.69, 9.17) is 22.4 Å². The van der Waals surface area contributed by atoms with E-state index < -0.39 is 34.5 Å². The largest absolute Gasteiger partial charge is 0.443 e. The van der Waals surface area contributed by atoms with E-state index in [1.165, 1.54) is 15.9 Å². The molecule has 1 saturated heterocycles. The fourth-order valence-electron chi connectivity index (χ4n) is 5.27. The number of ether oxygens (including phenoxy) is 1. The first-order valence-corrected chi connectivity index (χ1v) is 13.6. The number of nitriles is 1. The molecule has 1 amide bonds. The average molecular weight is 583 g/mol. The third-order valence-electron chi connectivity index (χ3n) is 7.42. The number of amides is 1. The number of carbonyl (C=O) groups is 1. The van der Waals surface area contributed by atoms with E-state index in [9.17, 15) is 23.2 Å². The van der Waals surface area contributed by atoms with E-state index in [1.54, 1.807) is 18.5 Å². The Morgan fingerprint density at radius 2 is 1.66 bits per heavy atom. The summed E-state index contributed by atoms with van der Waals surface area (Å²) in [5.74, 6) is 0.122. The van der Waals surface area contributed by atoms with Crippen molar-refractivity contribution in [3.8, 4) is 6.07 Å². The molecule has 214 valence electrons. The van der Waals surface area contributed by atoms with Crippen LogP contribution in [0.2, 0.25) is 0 Å². The lowest BCUT2D eigenvalue weighted by Gasteiger charge is -2.44. The number of nitrogens with zero attached hydrogens (tertiary/aromatic N) is 5. The summed E-state index contributed by atoms with van der Waals surface area (Å²) < 4.78 is 46.5. The zero-order valence-corrected chi connectivity index (χ0v) is 23.6. The van der Waals surface area contributed by atoms with E-state index in [0.717, 1.165) is 29.9 Å². The maximum Gasteiger partial charge on any atom is 0.417 e. The van der Waals surface area contributed by atoms with Gasteiger partial charge in [0.2, 0.25) is 0 Å². The molecule has 2 fully saturated rings. The Labute approximate surface area is 241 Å². The van der Waals surface area contributed by atoms with E-state index in [0.29, 0.717) is 25.9 Å². The van der Waals surface area contributed by atoms with Crippen molar-refractivity contribution in [1.82, 2.24) is 4.90 Å². The third-order valence-corrected chi connectivity index (χ3v) is 7.78. The number of anilines is 3. The van der Waals surface area contributed by atoms with Crippen LogP contribution in [0.4, 0.5) is 35.0 Å². The average Bonchev–Trinajstić information content (AvgIpc) is 3.13. The summed E-state index contributed by atoms with van der Waals surface area (Å²) in [5, 5.41) is 18.4. The van der Waals surface area contributed by atoms with Gasteiger partial charge in [0.15, 0.2) is 5.11 Å². The molecule has 3 aliphatic rings. The number of rotatable bonds is 3. The molecule has 1 spiro atoms. The van der Waals surface area contributed by atoms with Gasteiger partial charge in [0.05, 0.1) is 22.9 Å². The monoisotopic (exact) mass is 582 g/mol. The fraction of sp³-hybridized carbons (Fsp3) is 0.379. The molecule has 5 rings (SSSR count). The summed E-state index contributed by atoms with van der Waals surface area (Å²) in [7, 11) is 0. The number of hydrogen-bond donors (Lipinski definition) is 1. The minimum atomic E-state index is -4.72. The molecular weight excluding hydrogens is 553 g/mol. The number of nitrogens with one attached hydrogen (secondary N) is 1. The van der Waals surface area contributed by atoms with Gasteiger partial charge in [-0.2, -0.15) is 18.4 Å². The highest BCUT2D eigenvalue weighted by Gasteiger charge is 2.57. The van der Waals surface area contributed by atoms with Gasteiger partial charge >= 0.3 is 12.3 Å². The molecule has 2 heterocycles. The highest BCUT2D eigenvalue weighted by Crippen LogP contribution is 2.48. The molecule has 1 N–H and O–H groups in total. The van der Waals surface area contributed by atoms with Crippen molar-refractivity contribution in [3.63, 3.8) is 0 Å². The fourth-order valence-corrected chi connectivity index (χ4v) is 5.75. The Bertz CT molecular complexity index is 1470. The first-order chi connectivity index (χ1) is 19.2. The van der Waals surface area contributed by atoms with Crippen LogP contribution in [-0.4, -0.2) is 46.2 Å². The normalized spacial score (nSPS) is 18.6. The van der Waals surface area contributed by atoms with Crippen molar-refractivity contribution in [3.05, 3.63) is 66.0 Å². The number of amidine groups is 1. The number of hydrogen-bond acceptors (Lipinski definition) is 6. The summed E-state index contributed by atoms with van der Waals surface area (Å²) in [4.78, 5) is 19.1. The summed E-state index contributed by atoms with van der Waals surface area (Å²) in [6, 6.07) is 12.6. The second-order valence-electron chi connectivity index (χ2n) is 11.2. The molecular formula is C29H29F3N6O2S. The summed E-state index contributed by atoms with van der Waals surface area (Å²) in [5.41, 5.74) is -1.16. The molecule has 8 nitrogen and oxygen atoms in total. The van der Waals surface area contributed by atoms with Crippen molar-refractivity contribution in [1.29, 1.82) is 10.7 Å². The SMILES string of the molecule is CC(C)(C)OC(=O)N1C=CN(c2ccc(N3C(=S)N(c4ccc(C#N)c(C(F)(F)F)c4)C(=N)C34CCC4)cc2)CC1. The third kappa shape index (κ3) is 5.10. The Morgan fingerprint density at radius 1 is 1.02 bits per heavy atom. The minimum absolute atomic E-state index is 0.102. The molecule has 41 heavy (non-hydrogen) atoms. The van der Waals surface area contributed by atoms with Crippen LogP contribution in [0.3, 0.4) is 0 Å². The Hall–Kier alpha value is -4.11. The number of carbonyl (C=O) groups excluding carboxylic acids is 1. The van der Waals surface area contributed by atoms with Gasteiger partial charge in [-0.15, -0.1) is 0 Å². The quantitative estimate of drug-likeness (QED) is 0.407. The van der Waals surface area contributed by atoms with Gasteiger partial charge in [-0.3, -0.25) is 15.2 Å². The lowest BCUT2D eigenvalue weighted by atomic mass is 9.75. The Kier molecular flexibility index (Phi) is 6.98. The van der Waals surface area contributed by atoms with Crippen LogP contribution in [-0.2, 0) is 10.9 Å². The lowest BCUT2D eigenvalue weighted by Crippen LogP contribution is -2.55. The maximum absolute atomic E-state index is 13.7. The first-order valence-electron chi connectivity index (χ1n) is 13.1. The summed E-state index contributed by atoms with van der Waals surface area (Å²) >= 11 is 5.78. The molecule has 2 aromatic carbocycles. The van der Waals surface area contributed by atoms with E-state index in [2.05, 4.69) is 0 Å². The van der Waals surface area contributed by atoms with E-state index in [-0.39, 0.29) is 16.6 Å². The van der Waals surface area contributed by atoms with Gasteiger partial charge in [-0.1, -0.05) is 0 Å². The van der Waals surface area contributed by atoms with Crippen LogP contribution in [0, 0.1) is 16.7 Å². The van der Waals surface area contributed by atoms with Gasteiger partial charge in [-0.25, -0.2) is 4.79 Å². The molecule has 12 heteroatoms. The summed E-state index contributed by atoms with van der Waals surface area (Å²) in [6.45, 7) is 6.45. The van der Waals surface area contributed by atoms with Crippen LogP contribution in [0.15, 0.2) is 54.9 Å². The molecule has 2 aromatic rings. The second-order valence-corrected chi connectivity index (χ2v) is 11.6. The highest BCUT2D eigenvalue weighted by atomic mass is 32.1. The van der Waals surface area contributed by atoms with Gasteiger partial charge < -0.3 is 14.5 Å². The van der Waals surface area contributed by atoms with Crippen molar-refractivity contribution < 1.29 is 22.7 Å². The van der Waals surface area contributed by atoms with Crippen LogP contribution in [0.5, 0.6) is 0 Å². The van der Waals surface area contributed by atoms with Crippen LogP contribution >= 0.6 is 12.2 Å². The molecule has 0 atom stereocenters. The molecule has 0 unspecified atom stereocenters. The van der Waals surface area contributed by atoms with Crippen molar-refractivity contribution in [2.24, 2.45) is 0 Å². The zero-order chi connectivity index (χ0) is 29.7. The highest BCUT2D eigenvalue weighted by molar-refractivity contribution is 7.81. The first kappa shape index (κ1) is 28.4. The molecule has 0 aromatic heterocycles. The van der Waals surface area contributed by atoms with Gasteiger partial charge in [-0.05, 0) is 94.7 Å². The molecule has 1 saturated carbocycles. The number of alkyl halides is 3. The topological polar surface area (TPSA) is 86.9 Å². The van der Waals surface area contributed by atoms with Gasteiger partial charge in [0, 0.05) is 36.9 Å². The number of benzene rings is 2. The van der Waals surface area contributed by atoms with Crippen molar-refractivity contribution >= 4 is 46.3 Å². The smallest absolute Gasteiger partial charge is 0.417 e. The number of halogens is 3. The summed E-state index contributed by atoms with van der Waals surface area (Å²) in [6.07, 6.45) is 0.494. The van der Waals surface area contributed by atoms with Crippen molar-refractivity contribution in [2.45, 2.75) is 57.3 Å². The molecule has 0 bridgehead atoms. The molecule has 0 radical (unpaired) electrons. The maximum atomic E-state index is 13.7. The van der Waals surface area contributed by atoms with Crippen molar-refractivity contribution in [2.75, 3.05) is 27.8 Å². The van der Waals surface area contributed by atoms with Crippen LogP contribution in [0.25, 0.3) is 0 Å². The lowest BCUT2D eigenvalue weighted by molar-refractivity contribution is -0.137. The Morgan fingerprint density at radius 3 is 2.17 bits per heavy atom. The predicted octanol–water partition coefficient (Wildman–Crippen LogP) is 6.62. The standard InChI is InChI=1S/C29H29F3N6O2S/c1-27(2,3)40-26(39)36-15-13-35(14-16-36)20-7-9-21(10-8-20)38-25(41)37(24(34)28(38)11-4-12-28)22-6-5-19(18-33)23(17-22)29(30,31)32/h5-10,13,15,17,34H,4,11-12,14,16H2,1-3H3. The van der Waals surface area contributed by atoms with Gasteiger partial charge in [0.25, 0.3) is 0 Å². The number of thiocarbonyl (C=S) groups is 1. The second kappa shape index (κ2) is 10.1. The molecule has 2 aliphatic heterocycles. The van der Waals surface area contributed by atoms with Crippen LogP contribution in [0.1, 0.15) is 51.2 Å². The predicted molar refractivity (Wildman–Crippen MR) is 154 cm³/mol. The van der Waals surface area contributed by atoms with Crippen LogP contribution < -0.4 is 14.7 Å². The van der Waals surface area contributed by atoms with Gasteiger partial charge in [0.1, 0.15) is 17.0 Å².